The molecule has 0 amide bonds. The van der Waals surface area contributed by atoms with Gasteiger partial charge in [-0.05, 0) is 24.5 Å². The molecule has 2 atom stereocenters. The average Bonchev–Trinajstić information content (AvgIpc) is 2.65. The topological polar surface area (TPSA) is 27.7 Å². The zero-order valence-electron chi connectivity index (χ0n) is 10.7. The fraction of sp³-hybridized carbons (Fsp3) is 0.467. The van der Waals surface area contributed by atoms with Gasteiger partial charge in [0.15, 0.2) is 6.29 Å². The first-order valence-electron chi connectivity index (χ1n) is 6.35. The van der Waals surface area contributed by atoms with E-state index in [-0.39, 0.29) is 12.4 Å². The number of hydrogen-bond acceptors (Lipinski definition) is 3. The van der Waals surface area contributed by atoms with Gasteiger partial charge in [0, 0.05) is 7.11 Å². The van der Waals surface area contributed by atoms with E-state index in [0.717, 1.165) is 12.8 Å². The summed E-state index contributed by atoms with van der Waals surface area (Å²) < 4.78 is 16.7. The summed E-state index contributed by atoms with van der Waals surface area (Å²) >= 11 is 0. The Labute approximate surface area is 108 Å². The lowest BCUT2D eigenvalue weighted by atomic mass is 10.2. The summed E-state index contributed by atoms with van der Waals surface area (Å²) in [4.78, 5) is 0. The third-order valence-electron chi connectivity index (χ3n) is 2.92. The lowest BCUT2D eigenvalue weighted by Crippen LogP contribution is -2.25. The molecular weight excluding hydrogens is 228 g/mol. The van der Waals surface area contributed by atoms with E-state index >= 15 is 0 Å². The Hall–Kier alpha value is -1.16. The van der Waals surface area contributed by atoms with Crippen LogP contribution in [0.25, 0.3) is 0 Å². The molecular formula is C15H20O3. The number of hydrogen-bond donors (Lipinski definition) is 0. The Bertz CT molecular complexity index is 361. The number of methoxy groups -OCH3 is 1. The number of allylic oxidation sites excluding steroid dienone is 1. The Kier molecular flexibility index (Phi) is 5.39. The van der Waals surface area contributed by atoms with Crippen LogP contribution >= 0.6 is 0 Å². The second kappa shape index (κ2) is 7.31. The zero-order valence-corrected chi connectivity index (χ0v) is 10.7. The van der Waals surface area contributed by atoms with E-state index in [1.165, 1.54) is 5.56 Å². The molecule has 1 heterocycles. The van der Waals surface area contributed by atoms with Crippen LogP contribution in [0.2, 0.25) is 0 Å². The zero-order chi connectivity index (χ0) is 12.6. The molecule has 1 aromatic carbocycles. The van der Waals surface area contributed by atoms with E-state index < -0.39 is 0 Å². The van der Waals surface area contributed by atoms with Crippen molar-refractivity contribution >= 4 is 0 Å². The minimum atomic E-state index is -0.238. The molecule has 0 aliphatic carbocycles. The van der Waals surface area contributed by atoms with Gasteiger partial charge in [0.25, 0.3) is 0 Å². The summed E-state index contributed by atoms with van der Waals surface area (Å²) in [6.07, 6.45) is 5.92. The molecule has 1 aliphatic rings. The van der Waals surface area contributed by atoms with Crippen LogP contribution in [0.15, 0.2) is 42.5 Å². The second-order valence-electron chi connectivity index (χ2n) is 4.37. The molecule has 1 unspecified atom stereocenters. The summed E-state index contributed by atoms with van der Waals surface area (Å²) in [5, 5.41) is 0. The molecule has 3 nitrogen and oxygen atoms in total. The number of benzene rings is 1. The second-order valence-corrected chi connectivity index (χ2v) is 4.37. The lowest BCUT2D eigenvalue weighted by molar-refractivity contribution is -0.143. The number of ether oxygens (including phenoxy) is 3. The first-order valence-corrected chi connectivity index (χ1v) is 6.35. The third-order valence-corrected chi connectivity index (χ3v) is 2.92. The quantitative estimate of drug-likeness (QED) is 0.750. The van der Waals surface area contributed by atoms with Crippen LogP contribution in [0.3, 0.4) is 0 Å². The van der Waals surface area contributed by atoms with E-state index in [2.05, 4.69) is 18.2 Å². The van der Waals surface area contributed by atoms with E-state index in [4.69, 9.17) is 14.2 Å². The van der Waals surface area contributed by atoms with E-state index in [9.17, 15) is 0 Å². The lowest BCUT2D eigenvalue weighted by Gasteiger charge is -2.19. The minimum Gasteiger partial charge on any atom is -0.374 e. The summed E-state index contributed by atoms with van der Waals surface area (Å²) in [5.74, 6) is 0. The highest BCUT2D eigenvalue weighted by molar-refractivity contribution is 5.13. The van der Waals surface area contributed by atoms with Gasteiger partial charge in [-0.1, -0.05) is 36.4 Å². The maximum Gasteiger partial charge on any atom is 0.176 e. The molecule has 0 aromatic heterocycles. The Morgan fingerprint density at radius 2 is 2.11 bits per heavy atom. The van der Waals surface area contributed by atoms with Crippen molar-refractivity contribution < 1.29 is 14.2 Å². The van der Waals surface area contributed by atoms with Crippen molar-refractivity contribution in [2.75, 3.05) is 13.7 Å². The maximum atomic E-state index is 5.76. The van der Waals surface area contributed by atoms with E-state index in [0.29, 0.717) is 13.2 Å². The molecule has 3 heteroatoms. The SMILES string of the molecule is COC1C=CCC[C@@H](COCc2ccccc2)O1. The van der Waals surface area contributed by atoms with Crippen molar-refractivity contribution in [1.82, 2.24) is 0 Å². The summed E-state index contributed by atoms with van der Waals surface area (Å²) in [5.41, 5.74) is 1.19. The summed E-state index contributed by atoms with van der Waals surface area (Å²) in [6.45, 7) is 1.24. The molecule has 0 saturated carbocycles. The van der Waals surface area contributed by atoms with Crippen LogP contribution in [0.5, 0.6) is 0 Å². The predicted molar refractivity (Wildman–Crippen MR) is 70.1 cm³/mol. The van der Waals surface area contributed by atoms with Crippen molar-refractivity contribution in [1.29, 1.82) is 0 Å². The monoisotopic (exact) mass is 248 g/mol. The van der Waals surface area contributed by atoms with Crippen LogP contribution in [0, 0.1) is 0 Å². The fourth-order valence-corrected chi connectivity index (χ4v) is 1.93. The van der Waals surface area contributed by atoms with Crippen molar-refractivity contribution in [3.05, 3.63) is 48.0 Å². The third kappa shape index (κ3) is 4.26. The number of rotatable bonds is 5. The van der Waals surface area contributed by atoms with Crippen LogP contribution in [-0.2, 0) is 20.8 Å². The molecule has 0 N–H and O–H groups in total. The molecule has 0 saturated heterocycles. The largest absolute Gasteiger partial charge is 0.374 e. The highest BCUT2D eigenvalue weighted by atomic mass is 16.7. The Balaban J connectivity index is 1.73. The van der Waals surface area contributed by atoms with Gasteiger partial charge in [0.2, 0.25) is 0 Å². The molecule has 0 radical (unpaired) electrons. The van der Waals surface area contributed by atoms with Crippen LogP contribution < -0.4 is 0 Å². The molecule has 18 heavy (non-hydrogen) atoms. The highest BCUT2D eigenvalue weighted by Gasteiger charge is 2.16. The van der Waals surface area contributed by atoms with Gasteiger partial charge in [-0.25, -0.2) is 0 Å². The molecule has 1 aromatic rings. The molecule has 2 rings (SSSR count). The van der Waals surface area contributed by atoms with Gasteiger partial charge in [-0.2, -0.15) is 0 Å². The maximum absolute atomic E-state index is 5.76. The summed E-state index contributed by atoms with van der Waals surface area (Å²) in [6, 6.07) is 10.2. The molecule has 98 valence electrons. The van der Waals surface area contributed by atoms with Gasteiger partial charge < -0.3 is 14.2 Å². The molecule has 0 bridgehead atoms. The van der Waals surface area contributed by atoms with E-state index in [1.807, 2.05) is 24.3 Å². The smallest absolute Gasteiger partial charge is 0.176 e. The van der Waals surface area contributed by atoms with Crippen LogP contribution in [0.4, 0.5) is 0 Å². The van der Waals surface area contributed by atoms with Crippen molar-refractivity contribution in [3.63, 3.8) is 0 Å². The van der Waals surface area contributed by atoms with Crippen LogP contribution in [-0.4, -0.2) is 26.1 Å². The van der Waals surface area contributed by atoms with Gasteiger partial charge in [-0.3, -0.25) is 0 Å². The van der Waals surface area contributed by atoms with Crippen molar-refractivity contribution in [3.8, 4) is 0 Å². The van der Waals surface area contributed by atoms with E-state index in [1.54, 1.807) is 7.11 Å². The standard InChI is InChI=1S/C15H20O3/c1-16-15-10-6-5-9-14(18-15)12-17-11-13-7-3-2-4-8-13/h2-4,6-8,10,14-15H,5,9,11-12H2,1H3/t14-,15?/m0/s1. The van der Waals surface area contributed by atoms with Crippen molar-refractivity contribution in [2.24, 2.45) is 0 Å². The Morgan fingerprint density at radius 1 is 1.28 bits per heavy atom. The van der Waals surface area contributed by atoms with Crippen molar-refractivity contribution in [2.45, 2.75) is 31.8 Å². The molecule has 0 fully saturated rings. The fourth-order valence-electron chi connectivity index (χ4n) is 1.93. The van der Waals surface area contributed by atoms with Gasteiger partial charge in [-0.15, -0.1) is 0 Å². The molecule has 1 aliphatic heterocycles. The molecule has 0 spiro atoms. The average molecular weight is 248 g/mol. The normalized spacial score (nSPS) is 23.8. The van der Waals surface area contributed by atoms with Gasteiger partial charge >= 0.3 is 0 Å². The van der Waals surface area contributed by atoms with Gasteiger partial charge in [0.1, 0.15) is 0 Å². The first-order chi connectivity index (χ1) is 8.88. The predicted octanol–water partition coefficient (Wildman–Crippen LogP) is 2.91. The Morgan fingerprint density at radius 3 is 2.89 bits per heavy atom. The van der Waals surface area contributed by atoms with Crippen LogP contribution in [0.1, 0.15) is 18.4 Å². The van der Waals surface area contributed by atoms with Gasteiger partial charge in [0.05, 0.1) is 19.3 Å². The highest BCUT2D eigenvalue weighted by Crippen LogP contribution is 2.14. The summed E-state index contributed by atoms with van der Waals surface area (Å²) in [7, 11) is 1.65. The first kappa shape index (κ1) is 13.3. The minimum absolute atomic E-state index is 0.105.